The number of halogens is 1. The lowest BCUT2D eigenvalue weighted by atomic mass is 10.1. The molecule has 0 aliphatic heterocycles. The summed E-state index contributed by atoms with van der Waals surface area (Å²) < 4.78 is 19.3. The van der Waals surface area contributed by atoms with E-state index < -0.39 is 0 Å². The second-order valence-corrected chi connectivity index (χ2v) is 5.32. The molecule has 0 heterocycles. The van der Waals surface area contributed by atoms with E-state index in [1.807, 2.05) is 37.3 Å². The van der Waals surface area contributed by atoms with Crippen molar-refractivity contribution in [2.24, 2.45) is 5.73 Å². The number of para-hydroxylation sites is 1. The topological polar surface area (TPSA) is 35.2 Å². The molecule has 0 aliphatic carbocycles. The fourth-order valence-electron chi connectivity index (χ4n) is 1.70. The zero-order chi connectivity index (χ0) is 13.8. The van der Waals surface area contributed by atoms with Crippen molar-refractivity contribution >= 4 is 11.8 Å². The zero-order valence-corrected chi connectivity index (χ0v) is 11.7. The van der Waals surface area contributed by atoms with E-state index in [0.717, 1.165) is 16.2 Å². The first-order valence-corrected chi connectivity index (χ1v) is 6.79. The molecule has 0 bridgehead atoms. The van der Waals surface area contributed by atoms with Crippen LogP contribution < -0.4 is 10.5 Å². The molecule has 19 heavy (non-hydrogen) atoms. The molecular weight excluding hydrogens is 261 g/mol. The summed E-state index contributed by atoms with van der Waals surface area (Å²) in [4.78, 5) is 1.45. The van der Waals surface area contributed by atoms with E-state index in [9.17, 15) is 4.39 Å². The molecule has 0 aliphatic rings. The molecule has 4 heteroatoms. The maximum Gasteiger partial charge on any atom is 0.137 e. The molecule has 0 saturated heterocycles. The Balaban J connectivity index is 2.28. The highest BCUT2D eigenvalue weighted by Crippen LogP contribution is 2.36. The van der Waals surface area contributed by atoms with Crippen molar-refractivity contribution in [3.8, 4) is 5.75 Å². The molecule has 2 aromatic rings. The van der Waals surface area contributed by atoms with Gasteiger partial charge >= 0.3 is 0 Å². The minimum atomic E-state index is -0.259. The first kappa shape index (κ1) is 13.9. The van der Waals surface area contributed by atoms with E-state index in [2.05, 4.69) is 0 Å². The van der Waals surface area contributed by atoms with Crippen LogP contribution in [0.1, 0.15) is 18.5 Å². The Morgan fingerprint density at radius 1 is 1.16 bits per heavy atom. The van der Waals surface area contributed by atoms with E-state index in [4.69, 9.17) is 10.5 Å². The molecule has 2 rings (SSSR count). The molecule has 0 fully saturated rings. The van der Waals surface area contributed by atoms with Crippen molar-refractivity contribution in [2.45, 2.75) is 22.8 Å². The fourth-order valence-corrected chi connectivity index (χ4v) is 2.63. The zero-order valence-electron chi connectivity index (χ0n) is 10.9. The monoisotopic (exact) mass is 277 g/mol. The maximum absolute atomic E-state index is 14.0. The third-order valence-corrected chi connectivity index (χ3v) is 3.88. The van der Waals surface area contributed by atoms with Gasteiger partial charge in [-0.05, 0) is 36.8 Å². The Kier molecular flexibility index (Phi) is 4.45. The Hall–Kier alpha value is -1.52. The summed E-state index contributed by atoms with van der Waals surface area (Å²) in [6.45, 7) is 1.84. The molecule has 1 atom stereocenters. The normalized spacial score (nSPS) is 12.2. The summed E-state index contributed by atoms with van der Waals surface area (Å²) in [6.07, 6.45) is 0. The number of ether oxygens (including phenoxy) is 1. The molecular formula is C15H16FNOS. The summed E-state index contributed by atoms with van der Waals surface area (Å²) in [6, 6.07) is 12.5. The van der Waals surface area contributed by atoms with Gasteiger partial charge in [0.2, 0.25) is 0 Å². The van der Waals surface area contributed by atoms with E-state index in [1.54, 1.807) is 13.2 Å². The van der Waals surface area contributed by atoms with Gasteiger partial charge in [-0.3, -0.25) is 0 Å². The van der Waals surface area contributed by atoms with Gasteiger partial charge in [0.15, 0.2) is 0 Å². The third kappa shape index (κ3) is 3.28. The summed E-state index contributed by atoms with van der Waals surface area (Å²) >= 11 is 1.35. The van der Waals surface area contributed by atoms with Crippen molar-refractivity contribution in [1.29, 1.82) is 0 Å². The average molecular weight is 277 g/mol. The van der Waals surface area contributed by atoms with Crippen LogP contribution in [0.4, 0.5) is 4.39 Å². The molecule has 100 valence electrons. The summed E-state index contributed by atoms with van der Waals surface area (Å²) in [5.74, 6) is 0.480. The van der Waals surface area contributed by atoms with Gasteiger partial charge in [0, 0.05) is 10.9 Å². The van der Waals surface area contributed by atoms with E-state index in [0.29, 0.717) is 4.90 Å². The van der Waals surface area contributed by atoms with Crippen molar-refractivity contribution in [2.75, 3.05) is 7.11 Å². The SMILES string of the molecule is COc1ccccc1Sc1ccc(C(C)N)cc1F. The predicted molar refractivity (Wildman–Crippen MR) is 76.1 cm³/mol. The van der Waals surface area contributed by atoms with Crippen LogP contribution in [0.2, 0.25) is 0 Å². The molecule has 1 unspecified atom stereocenters. The van der Waals surface area contributed by atoms with Gasteiger partial charge in [-0.15, -0.1) is 0 Å². The molecule has 2 N–H and O–H groups in total. The van der Waals surface area contributed by atoms with Crippen LogP contribution in [0, 0.1) is 5.82 Å². The standard InChI is InChI=1S/C15H16FNOS/c1-10(17)11-7-8-14(12(16)9-11)19-15-6-4-3-5-13(15)18-2/h3-10H,17H2,1-2H3. The first-order chi connectivity index (χ1) is 9.11. The largest absolute Gasteiger partial charge is 0.496 e. The predicted octanol–water partition coefficient (Wildman–Crippen LogP) is 4.01. The van der Waals surface area contributed by atoms with Crippen LogP contribution in [-0.4, -0.2) is 7.11 Å². The highest BCUT2D eigenvalue weighted by Gasteiger charge is 2.10. The van der Waals surface area contributed by atoms with Crippen LogP contribution in [0.25, 0.3) is 0 Å². The average Bonchev–Trinajstić information content (AvgIpc) is 2.41. The van der Waals surface area contributed by atoms with Crippen LogP contribution in [0.15, 0.2) is 52.3 Å². The Morgan fingerprint density at radius 3 is 2.53 bits per heavy atom. The van der Waals surface area contributed by atoms with Crippen LogP contribution in [-0.2, 0) is 0 Å². The lowest BCUT2D eigenvalue weighted by Crippen LogP contribution is -2.05. The lowest BCUT2D eigenvalue weighted by molar-refractivity contribution is 0.405. The van der Waals surface area contributed by atoms with Gasteiger partial charge in [0.1, 0.15) is 11.6 Å². The van der Waals surface area contributed by atoms with Crippen LogP contribution >= 0.6 is 11.8 Å². The highest BCUT2D eigenvalue weighted by atomic mass is 32.2. The van der Waals surface area contributed by atoms with Gasteiger partial charge in [-0.1, -0.05) is 30.0 Å². The maximum atomic E-state index is 14.0. The highest BCUT2D eigenvalue weighted by molar-refractivity contribution is 7.99. The number of nitrogens with two attached hydrogens (primary N) is 1. The van der Waals surface area contributed by atoms with Gasteiger partial charge in [0.25, 0.3) is 0 Å². The Labute approximate surface area is 116 Å². The van der Waals surface area contributed by atoms with Crippen LogP contribution in [0.5, 0.6) is 5.75 Å². The molecule has 0 spiro atoms. The minimum Gasteiger partial charge on any atom is -0.496 e. The van der Waals surface area contributed by atoms with Gasteiger partial charge in [-0.2, -0.15) is 0 Å². The molecule has 0 saturated carbocycles. The number of hydrogen-bond acceptors (Lipinski definition) is 3. The number of methoxy groups -OCH3 is 1. The van der Waals surface area contributed by atoms with Gasteiger partial charge in [0.05, 0.1) is 12.0 Å². The second-order valence-electron chi connectivity index (χ2n) is 4.23. The van der Waals surface area contributed by atoms with E-state index in [-0.39, 0.29) is 11.9 Å². The quantitative estimate of drug-likeness (QED) is 0.917. The smallest absolute Gasteiger partial charge is 0.137 e. The van der Waals surface area contributed by atoms with E-state index >= 15 is 0 Å². The molecule has 0 amide bonds. The molecule has 0 radical (unpaired) electrons. The number of hydrogen-bond donors (Lipinski definition) is 1. The second kappa shape index (κ2) is 6.08. The fraction of sp³-hybridized carbons (Fsp3) is 0.200. The third-order valence-electron chi connectivity index (χ3n) is 2.77. The van der Waals surface area contributed by atoms with Crippen molar-refractivity contribution < 1.29 is 9.13 Å². The Bertz CT molecular complexity index is 572. The summed E-state index contributed by atoms with van der Waals surface area (Å²) in [7, 11) is 1.61. The van der Waals surface area contributed by atoms with E-state index in [1.165, 1.54) is 17.8 Å². The minimum absolute atomic E-state index is 0.167. The molecule has 2 nitrogen and oxygen atoms in total. The van der Waals surface area contributed by atoms with Crippen LogP contribution in [0.3, 0.4) is 0 Å². The van der Waals surface area contributed by atoms with Crippen molar-refractivity contribution in [3.63, 3.8) is 0 Å². The van der Waals surface area contributed by atoms with Crippen molar-refractivity contribution in [1.82, 2.24) is 0 Å². The van der Waals surface area contributed by atoms with Gasteiger partial charge < -0.3 is 10.5 Å². The van der Waals surface area contributed by atoms with Gasteiger partial charge in [-0.25, -0.2) is 4.39 Å². The first-order valence-electron chi connectivity index (χ1n) is 5.97. The summed E-state index contributed by atoms with van der Waals surface area (Å²) in [5.41, 5.74) is 6.53. The molecule has 2 aromatic carbocycles. The summed E-state index contributed by atoms with van der Waals surface area (Å²) in [5, 5.41) is 0. The van der Waals surface area contributed by atoms with Crippen molar-refractivity contribution in [3.05, 3.63) is 53.8 Å². The lowest BCUT2D eigenvalue weighted by Gasteiger charge is -2.10. The molecule has 0 aromatic heterocycles. The number of benzene rings is 2. The Morgan fingerprint density at radius 2 is 1.89 bits per heavy atom. The number of rotatable bonds is 4.